The van der Waals surface area contributed by atoms with E-state index in [1.165, 1.54) is 0 Å². The van der Waals surface area contributed by atoms with E-state index in [9.17, 15) is 4.39 Å². The van der Waals surface area contributed by atoms with E-state index in [-0.39, 0.29) is 5.38 Å². The lowest BCUT2D eigenvalue weighted by atomic mass is 10.00. The van der Waals surface area contributed by atoms with Crippen LogP contribution in [0.1, 0.15) is 40.0 Å². The molecule has 2 heteroatoms. The fourth-order valence-electron chi connectivity index (χ4n) is 0.954. The largest absolute Gasteiger partial charge is 0.246 e. The van der Waals surface area contributed by atoms with Crippen molar-refractivity contribution >= 4 is 11.6 Å². The molecule has 0 spiro atoms. The van der Waals surface area contributed by atoms with Crippen molar-refractivity contribution < 1.29 is 4.39 Å². The fourth-order valence-corrected chi connectivity index (χ4v) is 1.44. The number of hydrogen-bond acceptors (Lipinski definition) is 0. The SMILES string of the molecule is CCC(C)CC(Cl)C(F)CC. The Morgan fingerprint density at radius 2 is 1.82 bits per heavy atom. The maximum absolute atomic E-state index is 12.9. The summed E-state index contributed by atoms with van der Waals surface area (Å²) in [6.45, 7) is 6.04. The van der Waals surface area contributed by atoms with Crippen molar-refractivity contribution in [2.75, 3.05) is 0 Å². The van der Waals surface area contributed by atoms with Gasteiger partial charge in [-0.25, -0.2) is 4.39 Å². The van der Waals surface area contributed by atoms with Crippen LogP contribution in [0.5, 0.6) is 0 Å². The van der Waals surface area contributed by atoms with Crippen LogP contribution >= 0.6 is 11.6 Å². The van der Waals surface area contributed by atoms with Crippen LogP contribution in [0.3, 0.4) is 0 Å². The van der Waals surface area contributed by atoms with Crippen molar-refractivity contribution in [3.05, 3.63) is 0 Å². The van der Waals surface area contributed by atoms with E-state index in [0.29, 0.717) is 12.3 Å². The molecule has 0 fully saturated rings. The fraction of sp³-hybridized carbons (Fsp3) is 1.00. The highest BCUT2D eigenvalue weighted by Crippen LogP contribution is 2.20. The van der Waals surface area contributed by atoms with Gasteiger partial charge in [0, 0.05) is 0 Å². The topological polar surface area (TPSA) is 0 Å². The van der Waals surface area contributed by atoms with Crippen LogP contribution in [0.2, 0.25) is 0 Å². The summed E-state index contributed by atoms with van der Waals surface area (Å²) in [7, 11) is 0. The molecular weight excluding hydrogens is 163 g/mol. The van der Waals surface area contributed by atoms with Gasteiger partial charge in [0.25, 0.3) is 0 Å². The lowest BCUT2D eigenvalue weighted by Gasteiger charge is -2.16. The third-order valence-electron chi connectivity index (χ3n) is 2.11. The van der Waals surface area contributed by atoms with Gasteiger partial charge in [-0.2, -0.15) is 0 Å². The molecule has 0 saturated heterocycles. The standard InChI is InChI=1S/C9H18ClF/c1-4-7(3)6-8(10)9(11)5-2/h7-9H,4-6H2,1-3H3. The molecule has 3 atom stereocenters. The minimum atomic E-state index is -0.828. The van der Waals surface area contributed by atoms with Gasteiger partial charge in [-0.05, 0) is 18.8 Å². The molecule has 0 radical (unpaired) electrons. The van der Waals surface area contributed by atoms with E-state index >= 15 is 0 Å². The van der Waals surface area contributed by atoms with E-state index in [1.54, 1.807) is 0 Å². The highest BCUT2D eigenvalue weighted by atomic mass is 35.5. The first-order chi connectivity index (χ1) is 5.11. The maximum Gasteiger partial charge on any atom is 0.116 e. The average molecular weight is 181 g/mol. The number of hydrogen-bond donors (Lipinski definition) is 0. The maximum atomic E-state index is 12.9. The van der Waals surface area contributed by atoms with Crippen molar-refractivity contribution in [2.24, 2.45) is 5.92 Å². The molecule has 0 saturated carbocycles. The van der Waals surface area contributed by atoms with Crippen molar-refractivity contribution in [1.29, 1.82) is 0 Å². The van der Waals surface area contributed by atoms with Gasteiger partial charge in [-0.15, -0.1) is 11.6 Å². The first-order valence-electron chi connectivity index (χ1n) is 4.39. The van der Waals surface area contributed by atoms with Gasteiger partial charge < -0.3 is 0 Å². The van der Waals surface area contributed by atoms with Gasteiger partial charge in [0.05, 0.1) is 5.38 Å². The Hall–Kier alpha value is 0.220. The normalized spacial score (nSPS) is 19.4. The predicted molar refractivity (Wildman–Crippen MR) is 48.9 cm³/mol. The molecule has 0 bridgehead atoms. The van der Waals surface area contributed by atoms with Gasteiger partial charge in [0.15, 0.2) is 0 Å². The lowest BCUT2D eigenvalue weighted by Crippen LogP contribution is -2.17. The first-order valence-corrected chi connectivity index (χ1v) is 4.83. The summed E-state index contributed by atoms with van der Waals surface area (Å²) in [6.07, 6.45) is 1.59. The van der Waals surface area contributed by atoms with Crippen molar-refractivity contribution in [2.45, 2.75) is 51.6 Å². The van der Waals surface area contributed by atoms with Gasteiger partial charge >= 0.3 is 0 Å². The zero-order valence-corrected chi connectivity index (χ0v) is 8.37. The molecule has 0 aliphatic rings. The van der Waals surface area contributed by atoms with E-state index in [4.69, 9.17) is 11.6 Å². The lowest BCUT2D eigenvalue weighted by molar-refractivity contribution is 0.287. The molecule has 0 aromatic heterocycles. The van der Waals surface area contributed by atoms with E-state index in [0.717, 1.165) is 12.8 Å². The monoisotopic (exact) mass is 180 g/mol. The molecule has 11 heavy (non-hydrogen) atoms. The smallest absolute Gasteiger partial charge is 0.116 e. The zero-order chi connectivity index (χ0) is 8.85. The Kier molecular flexibility index (Phi) is 5.93. The molecule has 0 nitrogen and oxygen atoms in total. The molecular formula is C9H18ClF. The number of halogens is 2. The minimum absolute atomic E-state index is 0.282. The summed E-state index contributed by atoms with van der Waals surface area (Å²) in [5.74, 6) is 0.544. The summed E-state index contributed by atoms with van der Waals surface area (Å²) in [6, 6.07) is 0. The quantitative estimate of drug-likeness (QED) is 0.565. The molecule has 68 valence electrons. The van der Waals surface area contributed by atoms with Crippen molar-refractivity contribution in [3.63, 3.8) is 0 Å². The molecule has 0 amide bonds. The van der Waals surface area contributed by atoms with Gasteiger partial charge in [0.2, 0.25) is 0 Å². The summed E-state index contributed by atoms with van der Waals surface area (Å²) >= 11 is 5.83. The minimum Gasteiger partial charge on any atom is -0.246 e. The number of rotatable bonds is 5. The van der Waals surface area contributed by atoms with E-state index in [2.05, 4.69) is 13.8 Å². The highest BCUT2D eigenvalue weighted by Gasteiger charge is 2.18. The second kappa shape index (κ2) is 5.82. The Bertz CT molecular complexity index is 95.6. The summed E-state index contributed by atoms with van der Waals surface area (Å²) < 4.78 is 12.9. The van der Waals surface area contributed by atoms with Crippen LogP contribution < -0.4 is 0 Å². The Morgan fingerprint density at radius 1 is 1.27 bits per heavy atom. The molecule has 0 N–H and O–H groups in total. The van der Waals surface area contributed by atoms with Crippen molar-refractivity contribution in [1.82, 2.24) is 0 Å². The third-order valence-corrected chi connectivity index (χ3v) is 2.56. The van der Waals surface area contributed by atoms with Crippen LogP contribution in [0, 0.1) is 5.92 Å². The summed E-state index contributed by atoms with van der Waals surface area (Å²) in [5.41, 5.74) is 0. The highest BCUT2D eigenvalue weighted by molar-refractivity contribution is 6.21. The molecule has 0 aliphatic carbocycles. The average Bonchev–Trinajstić information content (AvgIpc) is 2.02. The van der Waals surface area contributed by atoms with Crippen LogP contribution in [0.4, 0.5) is 4.39 Å². The number of alkyl halides is 2. The van der Waals surface area contributed by atoms with Crippen LogP contribution in [0.15, 0.2) is 0 Å². The second-order valence-electron chi connectivity index (χ2n) is 3.19. The van der Waals surface area contributed by atoms with Crippen LogP contribution in [-0.4, -0.2) is 11.5 Å². The first kappa shape index (κ1) is 11.2. The molecule has 0 aromatic carbocycles. The molecule has 0 rings (SSSR count). The summed E-state index contributed by atoms with van der Waals surface area (Å²) in [4.78, 5) is 0. The molecule has 3 unspecified atom stereocenters. The molecule has 0 aromatic rings. The predicted octanol–water partition coefficient (Wildman–Crippen LogP) is 3.78. The Morgan fingerprint density at radius 3 is 2.18 bits per heavy atom. The van der Waals surface area contributed by atoms with Gasteiger partial charge in [-0.1, -0.05) is 27.2 Å². The Labute approximate surface area is 74.1 Å². The third kappa shape index (κ3) is 4.62. The van der Waals surface area contributed by atoms with Crippen LogP contribution in [0.25, 0.3) is 0 Å². The van der Waals surface area contributed by atoms with E-state index in [1.807, 2.05) is 6.92 Å². The van der Waals surface area contributed by atoms with Crippen LogP contribution in [-0.2, 0) is 0 Å². The zero-order valence-electron chi connectivity index (χ0n) is 7.61. The summed E-state index contributed by atoms with van der Waals surface area (Å²) in [5, 5.41) is -0.282. The second-order valence-corrected chi connectivity index (χ2v) is 3.75. The molecule has 0 heterocycles. The van der Waals surface area contributed by atoms with Gasteiger partial charge in [-0.3, -0.25) is 0 Å². The van der Waals surface area contributed by atoms with Crippen molar-refractivity contribution in [3.8, 4) is 0 Å². The molecule has 0 aliphatic heterocycles. The van der Waals surface area contributed by atoms with E-state index < -0.39 is 6.17 Å². The van der Waals surface area contributed by atoms with Gasteiger partial charge in [0.1, 0.15) is 6.17 Å². The Balaban J connectivity index is 3.58.